The van der Waals surface area contributed by atoms with Gasteiger partial charge in [-0.3, -0.25) is 0 Å². The summed E-state index contributed by atoms with van der Waals surface area (Å²) in [4.78, 5) is 0. The molecule has 0 aromatic rings. The zero-order chi connectivity index (χ0) is 12.6. The van der Waals surface area contributed by atoms with Crippen molar-refractivity contribution in [3.8, 4) is 0 Å². The topological polar surface area (TPSA) is 12.0 Å². The fraction of sp³-hybridized carbons (Fsp3) is 0.250. The van der Waals surface area contributed by atoms with Gasteiger partial charge < -0.3 is 5.32 Å². The number of hydrogen-bond acceptors (Lipinski definition) is 1. The van der Waals surface area contributed by atoms with Gasteiger partial charge >= 0.3 is 0 Å². The summed E-state index contributed by atoms with van der Waals surface area (Å²) in [5.41, 5.74) is 1.27. The third-order valence-electron chi connectivity index (χ3n) is 2.36. The predicted octanol–water partition coefficient (Wildman–Crippen LogP) is 3.91. The smallest absolute Gasteiger partial charge is 0.0333 e. The zero-order valence-electron chi connectivity index (χ0n) is 10.7. The lowest BCUT2D eigenvalue weighted by atomic mass is 9.92. The van der Waals surface area contributed by atoms with Crippen molar-refractivity contribution >= 4 is 0 Å². The molecule has 0 saturated carbocycles. The monoisotopic (exact) mass is 227 g/mol. The summed E-state index contributed by atoms with van der Waals surface area (Å²) < 4.78 is 0. The Kier molecular flexibility index (Phi) is 5.28. The van der Waals surface area contributed by atoms with E-state index in [0.717, 1.165) is 12.2 Å². The van der Waals surface area contributed by atoms with E-state index in [1.807, 2.05) is 18.2 Å². The van der Waals surface area contributed by atoms with Crippen molar-refractivity contribution in [2.75, 3.05) is 6.54 Å². The number of rotatable bonds is 5. The van der Waals surface area contributed by atoms with Crippen molar-refractivity contribution in [2.24, 2.45) is 5.41 Å². The van der Waals surface area contributed by atoms with Gasteiger partial charge in [-0.25, -0.2) is 0 Å². The highest BCUT2D eigenvalue weighted by Gasteiger charge is 2.11. The van der Waals surface area contributed by atoms with Crippen molar-refractivity contribution in [3.63, 3.8) is 0 Å². The summed E-state index contributed by atoms with van der Waals surface area (Å²) in [6, 6.07) is 0. The summed E-state index contributed by atoms with van der Waals surface area (Å²) in [6.45, 7) is 8.83. The Hall–Kier alpha value is -1.76. The second-order valence-corrected chi connectivity index (χ2v) is 4.57. The maximum atomic E-state index is 3.62. The standard InChI is InChI=1S/C16H21N/c1-4-5-6-7-10-13-17-15-11-8-9-12-16(2,3)14-15/h4-12,14,17H,1,13H2,2-3H3/b6-5-,10-7-. The minimum absolute atomic E-state index is 0.109. The number of hydrogen-bond donors (Lipinski definition) is 1. The molecule has 1 N–H and O–H groups in total. The van der Waals surface area contributed by atoms with Crippen LogP contribution >= 0.6 is 0 Å². The van der Waals surface area contributed by atoms with Crippen molar-refractivity contribution in [2.45, 2.75) is 13.8 Å². The molecule has 1 nitrogen and oxygen atoms in total. The average Bonchev–Trinajstić information content (AvgIpc) is 2.44. The Morgan fingerprint density at radius 2 is 2.06 bits per heavy atom. The van der Waals surface area contributed by atoms with Gasteiger partial charge in [-0.1, -0.05) is 75.1 Å². The molecule has 0 heterocycles. The van der Waals surface area contributed by atoms with E-state index in [1.54, 1.807) is 6.08 Å². The van der Waals surface area contributed by atoms with Crippen LogP contribution in [0.4, 0.5) is 0 Å². The molecule has 17 heavy (non-hydrogen) atoms. The third-order valence-corrected chi connectivity index (χ3v) is 2.36. The van der Waals surface area contributed by atoms with Crippen LogP contribution in [0.3, 0.4) is 0 Å². The molecule has 90 valence electrons. The molecule has 1 aliphatic rings. The molecule has 0 bridgehead atoms. The van der Waals surface area contributed by atoms with E-state index >= 15 is 0 Å². The maximum absolute atomic E-state index is 3.62. The van der Waals surface area contributed by atoms with E-state index in [9.17, 15) is 0 Å². The minimum atomic E-state index is 0.109. The van der Waals surface area contributed by atoms with Gasteiger partial charge in [0.1, 0.15) is 0 Å². The van der Waals surface area contributed by atoms with Crippen LogP contribution in [-0.4, -0.2) is 6.54 Å². The summed E-state index contributed by atoms with van der Waals surface area (Å²) in [6.07, 6.45) is 20.4. The molecule has 0 aliphatic heterocycles. The third kappa shape index (κ3) is 5.76. The highest BCUT2D eigenvalue weighted by atomic mass is 14.9. The lowest BCUT2D eigenvalue weighted by molar-refractivity contribution is 0.618. The zero-order valence-corrected chi connectivity index (χ0v) is 10.7. The second-order valence-electron chi connectivity index (χ2n) is 4.57. The summed E-state index contributed by atoms with van der Waals surface area (Å²) in [5, 5.41) is 3.38. The van der Waals surface area contributed by atoms with Gasteiger partial charge in [-0.2, -0.15) is 0 Å². The van der Waals surface area contributed by atoms with E-state index in [0.29, 0.717) is 0 Å². The van der Waals surface area contributed by atoms with Gasteiger partial charge in [0.2, 0.25) is 0 Å². The minimum Gasteiger partial charge on any atom is -0.382 e. The Bertz CT molecular complexity index is 390. The first kappa shape index (κ1) is 13.3. The summed E-state index contributed by atoms with van der Waals surface area (Å²) in [7, 11) is 0. The highest BCUT2D eigenvalue weighted by molar-refractivity contribution is 5.29. The number of nitrogens with one attached hydrogen (secondary N) is 1. The molecular weight excluding hydrogens is 206 g/mol. The van der Waals surface area contributed by atoms with Crippen LogP contribution in [0.2, 0.25) is 0 Å². The Morgan fingerprint density at radius 3 is 2.82 bits per heavy atom. The van der Waals surface area contributed by atoms with Crippen LogP contribution < -0.4 is 5.32 Å². The molecule has 0 aromatic heterocycles. The Balaban J connectivity index is 2.47. The largest absolute Gasteiger partial charge is 0.382 e. The van der Waals surface area contributed by atoms with E-state index < -0.39 is 0 Å². The van der Waals surface area contributed by atoms with Crippen LogP contribution in [0, 0.1) is 5.41 Å². The van der Waals surface area contributed by atoms with Gasteiger partial charge in [0.25, 0.3) is 0 Å². The average molecular weight is 227 g/mol. The molecule has 1 rings (SSSR count). The quantitative estimate of drug-likeness (QED) is 0.702. The summed E-state index contributed by atoms with van der Waals surface area (Å²) in [5.74, 6) is 0. The molecule has 0 spiro atoms. The van der Waals surface area contributed by atoms with Gasteiger partial charge in [0.15, 0.2) is 0 Å². The van der Waals surface area contributed by atoms with Gasteiger partial charge in [-0.05, 0) is 6.08 Å². The first-order valence-corrected chi connectivity index (χ1v) is 5.91. The molecule has 0 atom stereocenters. The fourth-order valence-electron chi connectivity index (χ4n) is 1.54. The van der Waals surface area contributed by atoms with E-state index in [4.69, 9.17) is 0 Å². The molecule has 0 saturated heterocycles. The number of allylic oxidation sites excluding steroid dienone is 9. The second kappa shape index (κ2) is 6.74. The van der Waals surface area contributed by atoms with Crippen LogP contribution in [0.25, 0.3) is 0 Å². The van der Waals surface area contributed by atoms with Crippen molar-refractivity contribution < 1.29 is 0 Å². The van der Waals surface area contributed by atoms with E-state index in [2.05, 4.69) is 62.2 Å². The molecular formula is C16H21N. The SMILES string of the molecule is C=C/C=C\C=C/CNC1=CC(C)(C)C=CC=C1. The first-order valence-electron chi connectivity index (χ1n) is 5.91. The van der Waals surface area contributed by atoms with E-state index in [-0.39, 0.29) is 5.41 Å². The van der Waals surface area contributed by atoms with Gasteiger partial charge in [-0.15, -0.1) is 0 Å². The van der Waals surface area contributed by atoms with Gasteiger partial charge in [0, 0.05) is 17.7 Å². The van der Waals surface area contributed by atoms with Crippen LogP contribution in [-0.2, 0) is 0 Å². The predicted molar refractivity (Wildman–Crippen MR) is 76.6 cm³/mol. The normalized spacial score (nSPS) is 18.4. The Labute approximate surface area is 105 Å². The lowest BCUT2D eigenvalue weighted by Gasteiger charge is -2.15. The Morgan fingerprint density at radius 1 is 1.24 bits per heavy atom. The molecule has 0 amide bonds. The van der Waals surface area contributed by atoms with Crippen LogP contribution in [0.5, 0.6) is 0 Å². The van der Waals surface area contributed by atoms with Crippen molar-refractivity contribution in [3.05, 3.63) is 73.0 Å². The van der Waals surface area contributed by atoms with Crippen LogP contribution in [0.15, 0.2) is 73.0 Å². The molecule has 0 aromatic carbocycles. The van der Waals surface area contributed by atoms with Crippen molar-refractivity contribution in [1.29, 1.82) is 0 Å². The van der Waals surface area contributed by atoms with Gasteiger partial charge in [0.05, 0.1) is 0 Å². The molecule has 0 fully saturated rings. The summed E-state index contributed by atoms with van der Waals surface area (Å²) >= 11 is 0. The van der Waals surface area contributed by atoms with Crippen LogP contribution in [0.1, 0.15) is 13.8 Å². The van der Waals surface area contributed by atoms with Crippen molar-refractivity contribution in [1.82, 2.24) is 5.32 Å². The fourth-order valence-corrected chi connectivity index (χ4v) is 1.54. The molecule has 0 radical (unpaired) electrons. The molecule has 1 aliphatic carbocycles. The van der Waals surface area contributed by atoms with E-state index in [1.165, 1.54) is 0 Å². The highest BCUT2D eigenvalue weighted by Crippen LogP contribution is 2.22. The maximum Gasteiger partial charge on any atom is 0.0333 e. The first-order chi connectivity index (χ1) is 8.14. The molecule has 0 unspecified atom stereocenters. The molecule has 1 heteroatoms. The lowest BCUT2D eigenvalue weighted by Crippen LogP contribution is -2.14.